The number of carbonyl (C=O) groups is 1. The Balaban J connectivity index is 1.66. The Bertz CT molecular complexity index is 303. The van der Waals surface area contributed by atoms with Crippen LogP contribution in [0.25, 0.3) is 0 Å². The van der Waals surface area contributed by atoms with Gasteiger partial charge in [0.15, 0.2) is 0 Å². The van der Waals surface area contributed by atoms with Crippen LogP contribution in [0.15, 0.2) is 0 Å². The second-order valence-electron chi connectivity index (χ2n) is 7.33. The molecule has 1 aliphatic rings. The molecule has 142 valence electrons. The summed E-state index contributed by atoms with van der Waals surface area (Å²) in [4.78, 5) is 11.0. The van der Waals surface area contributed by atoms with Gasteiger partial charge in [-0.05, 0) is 19.3 Å². The molecule has 0 aromatic rings. The Morgan fingerprint density at radius 3 is 1.62 bits per heavy atom. The van der Waals surface area contributed by atoms with Gasteiger partial charge in [0.1, 0.15) is 0 Å². The smallest absolute Gasteiger partial charge is 0.305 e. The number of hydrogen-bond donors (Lipinski definition) is 0. The lowest BCUT2D eigenvalue weighted by atomic mass is 10.0. The van der Waals surface area contributed by atoms with Crippen LogP contribution in [-0.4, -0.2) is 25.3 Å². The van der Waals surface area contributed by atoms with Gasteiger partial charge in [-0.15, -0.1) is 0 Å². The summed E-state index contributed by atoms with van der Waals surface area (Å²) in [5, 5.41) is 0. The van der Waals surface area contributed by atoms with Crippen LogP contribution >= 0.6 is 0 Å². The van der Waals surface area contributed by atoms with Crippen molar-refractivity contribution in [2.24, 2.45) is 0 Å². The van der Waals surface area contributed by atoms with E-state index in [0.717, 1.165) is 6.42 Å². The van der Waals surface area contributed by atoms with Gasteiger partial charge in [0.2, 0.25) is 0 Å². The third-order valence-electron chi connectivity index (χ3n) is 5.19. The van der Waals surface area contributed by atoms with Gasteiger partial charge >= 0.3 is 5.97 Å². The van der Waals surface area contributed by atoms with E-state index < -0.39 is 0 Å². The second kappa shape index (κ2) is 14.7. The predicted molar refractivity (Wildman–Crippen MR) is 100 cm³/mol. The van der Waals surface area contributed by atoms with Crippen molar-refractivity contribution >= 4 is 5.97 Å². The SMILES string of the molecule is CC[C@H]1O[C@H]1CCCCCCCCCCCCCCCC(=O)OC. The molecular weight excluding hydrogens is 300 g/mol. The number of carbonyl (C=O) groups excluding carboxylic acids is 1. The highest BCUT2D eigenvalue weighted by atomic mass is 16.6. The average molecular weight is 341 g/mol. The van der Waals surface area contributed by atoms with E-state index in [-0.39, 0.29) is 5.97 Å². The first-order valence-electron chi connectivity index (χ1n) is 10.5. The number of rotatable bonds is 17. The van der Waals surface area contributed by atoms with Crippen LogP contribution in [0, 0.1) is 0 Å². The molecule has 0 saturated carbocycles. The minimum atomic E-state index is -0.0685. The van der Waals surface area contributed by atoms with Crippen molar-refractivity contribution in [1.82, 2.24) is 0 Å². The highest BCUT2D eigenvalue weighted by Gasteiger charge is 2.35. The number of hydrogen-bond acceptors (Lipinski definition) is 3. The van der Waals surface area contributed by atoms with Crippen molar-refractivity contribution in [3.63, 3.8) is 0 Å². The fourth-order valence-electron chi connectivity index (χ4n) is 3.45. The number of methoxy groups -OCH3 is 1. The molecule has 2 atom stereocenters. The van der Waals surface area contributed by atoms with Crippen LogP contribution in [0.1, 0.15) is 110 Å². The topological polar surface area (TPSA) is 38.8 Å². The Morgan fingerprint density at radius 2 is 1.21 bits per heavy atom. The number of ether oxygens (including phenoxy) is 2. The number of esters is 1. The molecule has 0 bridgehead atoms. The normalized spacial score (nSPS) is 19.4. The van der Waals surface area contributed by atoms with Gasteiger partial charge in [0, 0.05) is 6.42 Å². The summed E-state index contributed by atoms with van der Waals surface area (Å²) in [6, 6.07) is 0. The van der Waals surface area contributed by atoms with Crippen LogP contribution in [0.2, 0.25) is 0 Å². The number of unbranched alkanes of at least 4 members (excludes halogenated alkanes) is 12. The average Bonchev–Trinajstić information content (AvgIpc) is 3.36. The quantitative estimate of drug-likeness (QED) is 0.180. The van der Waals surface area contributed by atoms with E-state index in [4.69, 9.17) is 4.74 Å². The lowest BCUT2D eigenvalue weighted by molar-refractivity contribution is -0.140. The Hall–Kier alpha value is -0.570. The van der Waals surface area contributed by atoms with Crippen molar-refractivity contribution < 1.29 is 14.3 Å². The van der Waals surface area contributed by atoms with E-state index in [9.17, 15) is 4.79 Å². The molecule has 0 aliphatic carbocycles. The zero-order valence-corrected chi connectivity index (χ0v) is 16.2. The maximum absolute atomic E-state index is 11.0. The first-order chi connectivity index (χ1) is 11.8. The van der Waals surface area contributed by atoms with Gasteiger partial charge in [-0.25, -0.2) is 0 Å². The summed E-state index contributed by atoms with van der Waals surface area (Å²) in [5.74, 6) is -0.0685. The van der Waals surface area contributed by atoms with E-state index in [1.807, 2.05) is 0 Å². The van der Waals surface area contributed by atoms with Crippen molar-refractivity contribution in [3.8, 4) is 0 Å². The highest BCUT2D eigenvalue weighted by Crippen LogP contribution is 2.29. The molecule has 1 fully saturated rings. The summed E-state index contributed by atoms with van der Waals surface area (Å²) < 4.78 is 10.2. The molecule has 0 N–H and O–H groups in total. The minimum Gasteiger partial charge on any atom is -0.469 e. The molecule has 1 saturated heterocycles. The van der Waals surface area contributed by atoms with Crippen LogP contribution in [0.3, 0.4) is 0 Å². The predicted octanol–water partition coefficient (Wildman–Crippen LogP) is 6.19. The first kappa shape index (κ1) is 21.5. The molecule has 0 aromatic carbocycles. The summed E-state index contributed by atoms with van der Waals surface area (Å²) in [7, 11) is 1.47. The molecule has 3 nitrogen and oxygen atoms in total. The van der Waals surface area contributed by atoms with E-state index in [0.29, 0.717) is 18.6 Å². The van der Waals surface area contributed by atoms with Gasteiger partial charge in [0.25, 0.3) is 0 Å². The van der Waals surface area contributed by atoms with Crippen molar-refractivity contribution in [3.05, 3.63) is 0 Å². The molecule has 0 aromatic heterocycles. The molecule has 1 aliphatic heterocycles. The van der Waals surface area contributed by atoms with Crippen molar-refractivity contribution in [2.45, 2.75) is 122 Å². The zero-order valence-electron chi connectivity index (χ0n) is 16.2. The second-order valence-corrected chi connectivity index (χ2v) is 7.33. The van der Waals surface area contributed by atoms with Crippen LogP contribution < -0.4 is 0 Å². The zero-order chi connectivity index (χ0) is 17.5. The first-order valence-corrected chi connectivity index (χ1v) is 10.5. The third-order valence-corrected chi connectivity index (χ3v) is 5.19. The molecule has 0 amide bonds. The van der Waals surface area contributed by atoms with Gasteiger partial charge in [0.05, 0.1) is 19.3 Å². The van der Waals surface area contributed by atoms with Crippen LogP contribution in [0.5, 0.6) is 0 Å². The van der Waals surface area contributed by atoms with Crippen LogP contribution in [0.4, 0.5) is 0 Å². The summed E-state index contributed by atoms with van der Waals surface area (Å²) in [6.07, 6.45) is 21.5. The largest absolute Gasteiger partial charge is 0.469 e. The Labute approximate surface area is 149 Å². The van der Waals surface area contributed by atoms with Gasteiger partial charge in [-0.3, -0.25) is 4.79 Å². The fraction of sp³-hybridized carbons (Fsp3) is 0.952. The summed E-state index contributed by atoms with van der Waals surface area (Å²) in [6.45, 7) is 2.22. The Kier molecular flexibility index (Phi) is 13.2. The lowest BCUT2D eigenvalue weighted by Crippen LogP contribution is -1.99. The monoisotopic (exact) mass is 340 g/mol. The minimum absolute atomic E-state index is 0.0685. The fourth-order valence-corrected chi connectivity index (χ4v) is 3.45. The van der Waals surface area contributed by atoms with Crippen molar-refractivity contribution in [1.29, 1.82) is 0 Å². The molecule has 0 radical (unpaired) electrons. The van der Waals surface area contributed by atoms with E-state index in [1.54, 1.807) is 0 Å². The van der Waals surface area contributed by atoms with E-state index in [2.05, 4.69) is 11.7 Å². The van der Waals surface area contributed by atoms with E-state index >= 15 is 0 Å². The van der Waals surface area contributed by atoms with Crippen molar-refractivity contribution in [2.75, 3.05) is 7.11 Å². The molecule has 1 heterocycles. The van der Waals surface area contributed by atoms with Gasteiger partial charge in [-0.2, -0.15) is 0 Å². The third kappa shape index (κ3) is 11.9. The standard InChI is InChI=1S/C21H40O3/c1-3-19-20(24-19)17-15-13-11-9-7-5-4-6-8-10-12-14-16-18-21(22)23-2/h19-20H,3-18H2,1-2H3/t19-,20+/m1/s1. The van der Waals surface area contributed by atoms with Gasteiger partial charge in [-0.1, -0.05) is 84.0 Å². The van der Waals surface area contributed by atoms with Gasteiger partial charge < -0.3 is 9.47 Å². The molecule has 3 heteroatoms. The molecular formula is C21H40O3. The molecule has 0 unspecified atom stereocenters. The maximum Gasteiger partial charge on any atom is 0.305 e. The Morgan fingerprint density at radius 1 is 0.750 bits per heavy atom. The van der Waals surface area contributed by atoms with Crippen LogP contribution in [-0.2, 0) is 14.3 Å². The molecule has 1 rings (SSSR count). The summed E-state index contributed by atoms with van der Waals surface area (Å²) in [5.41, 5.74) is 0. The lowest BCUT2D eigenvalue weighted by Gasteiger charge is -2.03. The molecule has 24 heavy (non-hydrogen) atoms. The highest BCUT2D eigenvalue weighted by molar-refractivity contribution is 5.68. The number of epoxide rings is 1. The maximum atomic E-state index is 11.0. The van der Waals surface area contributed by atoms with E-state index in [1.165, 1.54) is 97.0 Å². The molecule has 0 spiro atoms. The summed E-state index contributed by atoms with van der Waals surface area (Å²) >= 11 is 0.